The molecule has 0 saturated heterocycles. The highest BCUT2D eigenvalue weighted by Crippen LogP contribution is 2.46. The SMILES string of the molecule is CC(C)(C)c1ccc2c(-c3ccc(-c4cccc5c4ccc4ccccc45)cc3)c3ccccc3c(-c3ccc4c(c3)CCC=C4)c2c1. The van der Waals surface area contributed by atoms with E-state index in [-0.39, 0.29) is 5.41 Å². The minimum absolute atomic E-state index is 0.0450. The minimum atomic E-state index is 0.0450. The van der Waals surface area contributed by atoms with Gasteiger partial charge in [-0.15, -0.1) is 0 Å². The molecule has 0 aromatic heterocycles. The Bertz CT molecular complexity index is 2570. The van der Waals surface area contributed by atoms with Gasteiger partial charge in [0.25, 0.3) is 0 Å². The lowest BCUT2D eigenvalue weighted by atomic mass is 9.80. The molecule has 8 aromatic carbocycles. The lowest BCUT2D eigenvalue weighted by molar-refractivity contribution is 0.591. The van der Waals surface area contributed by atoms with Crippen molar-refractivity contribution in [3.05, 3.63) is 162 Å². The Morgan fingerprint density at radius 2 is 1.10 bits per heavy atom. The molecule has 8 aromatic rings. The largest absolute Gasteiger partial charge is 0.0836 e. The monoisotopic (exact) mass is 614 g/mol. The molecule has 230 valence electrons. The summed E-state index contributed by atoms with van der Waals surface area (Å²) in [6, 6.07) is 52.5. The van der Waals surface area contributed by atoms with Crippen LogP contribution < -0.4 is 0 Å². The molecule has 0 spiro atoms. The van der Waals surface area contributed by atoms with Crippen LogP contribution in [0.5, 0.6) is 0 Å². The van der Waals surface area contributed by atoms with Crippen molar-refractivity contribution in [2.45, 2.75) is 39.0 Å². The Hall–Kier alpha value is -5.46. The maximum absolute atomic E-state index is 2.47. The first-order valence-corrected chi connectivity index (χ1v) is 17.2. The first-order chi connectivity index (χ1) is 23.4. The molecule has 0 fully saturated rings. The highest BCUT2D eigenvalue weighted by molar-refractivity contribution is 6.21. The van der Waals surface area contributed by atoms with Crippen LogP contribution in [0.15, 0.2) is 146 Å². The zero-order valence-corrected chi connectivity index (χ0v) is 27.8. The van der Waals surface area contributed by atoms with E-state index in [1.54, 1.807) is 0 Å². The Morgan fingerprint density at radius 1 is 0.458 bits per heavy atom. The van der Waals surface area contributed by atoms with E-state index in [4.69, 9.17) is 0 Å². The Labute approximate surface area is 283 Å². The summed E-state index contributed by atoms with van der Waals surface area (Å²) in [6.45, 7) is 6.95. The van der Waals surface area contributed by atoms with Crippen LogP contribution in [0.4, 0.5) is 0 Å². The highest BCUT2D eigenvalue weighted by atomic mass is 14.2. The average Bonchev–Trinajstić information content (AvgIpc) is 3.13. The van der Waals surface area contributed by atoms with Gasteiger partial charge in [0.15, 0.2) is 0 Å². The standard InChI is InChI=1S/C48H38/c1-48(2,3)37-26-28-44-45(30-37)47(36-24-19-31-11-4-5-13-35(31)29-36)43-16-9-8-15-42(43)46(44)34-22-20-33(21-23-34)39-17-10-18-40-38-14-7-6-12-32(38)25-27-41(39)40/h4,6-12,14-30H,5,13H2,1-3H3. The summed E-state index contributed by atoms with van der Waals surface area (Å²) in [5, 5.41) is 10.4. The first kappa shape index (κ1) is 28.7. The van der Waals surface area contributed by atoms with Crippen LogP contribution in [0.25, 0.3) is 82.5 Å². The lowest BCUT2D eigenvalue weighted by Gasteiger charge is -2.23. The lowest BCUT2D eigenvalue weighted by Crippen LogP contribution is -2.10. The van der Waals surface area contributed by atoms with Crippen molar-refractivity contribution in [1.82, 2.24) is 0 Å². The van der Waals surface area contributed by atoms with Gasteiger partial charge in [-0.05, 0) is 117 Å². The molecule has 0 heterocycles. The zero-order chi connectivity index (χ0) is 32.4. The van der Waals surface area contributed by atoms with E-state index in [0.717, 1.165) is 12.8 Å². The first-order valence-electron chi connectivity index (χ1n) is 17.2. The van der Waals surface area contributed by atoms with Gasteiger partial charge in [0.05, 0.1) is 0 Å². The van der Waals surface area contributed by atoms with Crippen molar-refractivity contribution in [2.24, 2.45) is 0 Å². The second-order valence-corrected chi connectivity index (χ2v) is 14.4. The van der Waals surface area contributed by atoms with Crippen molar-refractivity contribution in [1.29, 1.82) is 0 Å². The van der Waals surface area contributed by atoms with E-state index in [0.29, 0.717) is 0 Å². The van der Waals surface area contributed by atoms with Gasteiger partial charge in [-0.3, -0.25) is 0 Å². The number of rotatable bonds is 3. The van der Waals surface area contributed by atoms with Gasteiger partial charge in [0, 0.05) is 0 Å². The smallest absolute Gasteiger partial charge is 0.00262 e. The third-order valence-corrected chi connectivity index (χ3v) is 10.5. The average molecular weight is 615 g/mol. The van der Waals surface area contributed by atoms with Crippen LogP contribution in [0, 0.1) is 0 Å². The molecule has 0 nitrogen and oxygen atoms in total. The topological polar surface area (TPSA) is 0 Å². The number of hydrogen-bond donors (Lipinski definition) is 0. The Kier molecular flexibility index (Phi) is 6.63. The van der Waals surface area contributed by atoms with Crippen LogP contribution in [0.1, 0.15) is 43.9 Å². The molecule has 0 atom stereocenters. The molecule has 0 aliphatic heterocycles. The molecule has 0 amide bonds. The van der Waals surface area contributed by atoms with E-state index < -0.39 is 0 Å². The second kappa shape index (κ2) is 11.1. The summed E-state index contributed by atoms with van der Waals surface area (Å²) in [5.74, 6) is 0. The van der Waals surface area contributed by atoms with Crippen LogP contribution in [0.2, 0.25) is 0 Å². The van der Waals surface area contributed by atoms with Gasteiger partial charge in [-0.2, -0.15) is 0 Å². The highest BCUT2D eigenvalue weighted by Gasteiger charge is 2.21. The molecular weight excluding hydrogens is 577 g/mol. The van der Waals surface area contributed by atoms with Gasteiger partial charge in [0.1, 0.15) is 0 Å². The molecule has 0 heteroatoms. The maximum Gasteiger partial charge on any atom is -0.00262 e. The van der Waals surface area contributed by atoms with Crippen molar-refractivity contribution in [2.75, 3.05) is 0 Å². The maximum atomic E-state index is 2.47. The molecule has 0 N–H and O–H groups in total. The molecule has 9 rings (SSSR count). The van der Waals surface area contributed by atoms with Crippen molar-refractivity contribution in [3.8, 4) is 33.4 Å². The van der Waals surface area contributed by atoms with Crippen molar-refractivity contribution < 1.29 is 0 Å². The summed E-state index contributed by atoms with van der Waals surface area (Å²) in [4.78, 5) is 0. The van der Waals surface area contributed by atoms with E-state index >= 15 is 0 Å². The molecule has 0 bridgehead atoms. The van der Waals surface area contributed by atoms with Crippen molar-refractivity contribution in [3.63, 3.8) is 0 Å². The van der Waals surface area contributed by atoms with Gasteiger partial charge < -0.3 is 0 Å². The molecule has 0 unspecified atom stereocenters. The number of benzene rings is 8. The van der Waals surface area contributed by atoms with Crippen LogP contribution in [0.3, 0.4) is 0 Å². The molecule has 0 radical (unpaired) electrons. The second-order valence-electron chi connectivity index (χ2n) is 14.4. The summed E-state index contributed by atoms with van der Waals surface area (Å²) in [7, 11) is 0. The van der Waals surface area contributed by atoms with Crippen LogP contribution in [-0.2, 0) is 11.8 Å². The molecule has 1 aliphatic carbocycles. The van der Waals surface area contributed by atoms with E-state index in [9.17, 15) is 0 Å². The number of aryl methyl sites for hydroxylation is 1. The molecule has 48 heavy (non-hydrogen) atoms. The van der Waals surface area contributed by atoms with Crippen LogP contribution in [-0.4, -0.2) is 0 Å². The fourth-order valence-electron chi connectivity index (χ4n) is 7.96. The quantitative estimate of drug-likeness (QED) is 0.137. The summed E-state index contributed by atoms with van der Waals surface area (Å²) >= 11 is 0. The van der Waals surface area contributed by atoms with Gasteiger partial charge >= 0.3 is 0 Å². The normalized spacial score (nSPS) is 13.1. The summed E-state index contributed by atoms with van der Waals surface area (Å²) in [6.07, 6.45) is 6.78. The Balaban J connectivity index is 1.27. The van der Waals surface area contributed by atoms with E-state index in [2.05, 4.69) is 172 Å². The third kappa shape index (κ3) is 4.67. The number of fused-ring (bicyclic) bond motifs is 6. The summed E-state index contributed by atoms with van der Waals surface area (Å²) < 4.78 is 0. The van der Waals surface area contributed by atoms with Gasteiger partial charge in [-0.25, -0.2) is 0 Å². The molecule has 0 saturated carbocycles. The third-order valence-electron chi connectivity index (χ3n) is 10.5. The number of allylic oxidation sites excluding steroid dienone is 1. The van der Waals surface area contributed by atoms with E-state index in [1.807, 2.05) is 0 Å². The predicted octanol–water partition coefficient (Wildman–Crippen LogP) is 13.6. The number of hydrogen-bond acceptors (Lipinski definition) is 0. The van der Waals surface area contributed by atoms with Crippen molar-refractivity contribution >= 4 is 49.2 Å². The fourth-order valence-corrected chi connectivity index (χ4v) is 7.96. The Morgan fingerprint density at radius 3 is 1.90 bits per heavy atom. The molecular formula is C48H38. The van der Waals surface area contributed by atoms with Gasteiger partial charge in [0.2, 0.25) is 0 Å². The fraction of sp³-hybridized carbons (Fsp3) is 0.125. The van der Waals surface area contributed by atoms with E-state index in [1.165, 1.54) is 93.2 Å². The predicted molar refractivity (Wildman–Crippen MR) is 209 cm³/mol. The van der Waals surface area contributed by atoms with Gasteiger partial charge in [-0.1, -0.05) is 166 Å². The minimum Gasteiger partial charge on any atom is -0.0836 e. The summed E-state index contributed by atoms with van der Waals surface area (Å²) in [5.41, 5.74) is 11.9. The zero-order valence-electron chi connectivity index (χ0n) is 27.8. The molecule has 1 aliphatic rings. The van der Waals surface area contributed by atoms with Crippen LogP contribution >= 0.6 is 0 Å².